The fourth-order valence-corrected chi connectivity index (χ4v) is 4.24. The van der Waals surface area contributed by atoms with E-state index in [0.717, 1.165) is 33.4 Å². The molecule has 0 amide bonds. The molecule has 0 radical (unpaired) electrons. The van der Waals surface area contributed by atoms with Gasteiger partial charge in [0.05, 0.1) is 6.10 Å². The molecule has 4 nitrogen and oxygen atoms in total. The Morgan fingerprint density at radius 3 is 2.76 bits per heavy atom. The molecule has 1 heterocycles. The molecule has 1 unspecified atom stereocenters. The molecule has 2 atom stereocenters. The molecule has 132 valence electrons. The zero-order valence-corrected chi connectivity index (χ0v) is 16.9. The molecule has 3 rings (SSSR count). The van der Waals surface area contributed by atoms with Crippen LogP contribution in [0.2, 0.25) is 0 Å². The van der Waals surface area contributed by atoms with Gasteiger partial charge in [0.25, 0.3) is 0 Å². The summed E-state index contributed by atoms with van der Waals surface area (Å²) in [6.45, 7) is 5.55. The third kappa shape index (κ3) is 3.71. The number of ketones is 1. The average Bonchev–Trinajstić information content (AvgIpc) is 2.53. The van der Waals surface area contributed by atoms with E-state index in [2.05, 4.69) is 27.6 Å². The number of allylic oxidation sites excluding steroid dienone is 2. The number of nitrogens with zero attached hydrogens (tertiary/aromatic N) is 1. The molecule has 0 bridgehead atoms. The molecule has 0 fully saturated rings. The molecule has 5 heteroatoms. The average molecular weight is 451 g/mol. The van der Waals surface area contributed by atoms with Crippen molar-refractivity contribution in [2.75, 3.05) is 0 Å². The topological polar surface area (TPSA) is 55.7 Å². The van der Waals surface area contributed by atoms with Crippen LogP contribution in [0, 0.1) is 9.49 Å². The number of esters is 1. The number of ether oxygens (including phenoxy) is 1. The van der Waals surface area contributed by atoms with Gasteiger partial charge in [0, 0.05) is 32.9 Å². The van der Waals surface area contributed by atoms with E-state index in [-0.39, 0.29) is 23.8 Å². The van der Waals surface area contributed by atoms with Crippen LogP contribution < -0.4 is 0 Å². The van der Waals surface area contributed by atoms with Crippen molar-refractivity contribution in [1.29, 1.82) is 0 Å². The summed E-state index contributed by atoms with van der Waals surface area (Å²) in [5.41, 5.74) is 3.29. The van der Waals surface area contributed by atoms with Crippen LogP contribution in [0.4, 0.5) is 0 Å². The number of hydrogen-bond donors (Lipinski definition) is 0. The van der Waals surface area contributed by atoms with Gasteiger partial charge in [-0.05, 0) is 73.9 Å². The van der Waals surface area contributed by atoms with E-state index in [1.54, 1.807) is 0 Å². The lowest BCUT2D eigenvalue weighted by Gasteiger charge is -2.34. The summed E-state index contributed by atoms with van der Waals surface area (Å²) in [5, 5.41) is 0. The standard InChI is InChI=1S/C20H22INO3/c1-11(2)25-20(24)17-12(3)22-15-8-5-9-16(23)19(15)18(17)13-6-4-7-14(21)10-13/h4,6-7,10-11,17-18H,5,8-9H2,1-3H3/t17?,18-/m1/s1. The molecule has 0 saturated heterocycles. The van der Waals surface area contributed by atoms with Gasteiger partial charge in [-0.3, -0.25) is 14.6 Å². The van der Waals surface area contributed by atoms with Crippen molar-refractivity contribution >= 4 is 40.1 Å². The second-order valence-electron chi connectivity index (χ2n) is 6.89. The normalized spacial score (nSPS) is 23.4. The molecule has 2 aliphatic rings. The van der Waals surface area contributed by atoms with Gasteiger partial charge in [0.15, 0.2) is 5.78 Å². The summed E-state index contributed by atoms with van der Waals surface area (Å²) in [6.07, 6.45) is 1.95. The minimum absolute atomic E-state index is 0.115. The molecule has 1 aromatic rings. The molecule has 0 saturated carbocycles. The number of Topliss-reactive ketones (excluding diaryl/α,β-unsaturated/α-hetero) is 1. The summed E-state index contributed by atoms with van der Waals surface area (Å²) in [7, 11) is 0. The predicted molar refractivity (Wildman–Crippen MR) is 106 cm³/mol. The van der Waals surface area contributed by atoms with Gasteiger partial charge in [-0.1, -0.05) is 12.1 Å². The van der Waals surface area contributed by atoms with Gasteiger partial charge in [-0.15, -0.1) is 0 Å². The summed E-state index contributed by atoms with van der Waals surface area (Å²) >= 11 is 2.26. The van der Waals surface area contributed by atoms with E-state index in [9.17, 15) is 9.59 Å². The number of aliphatic imine (C=N–C) groups is 1. The van der Waals surface area contributed by atoms with Crippen LogP contribution in [-0.4, -0.2) is 23.6 Å². The number of carbonyl (C=O) groups is 2. The Hall–Kier alpha value is -1.50. The highest BCUT2D eigenvalue weighted by atomic mass is 127. The molecular formula is C20H22INO3. The van der Waals surface area contributed by atoms with Gasteiger partial charge < -0.3 is 4.74 Å². The quantitative estimate of drug-likeness (QED) is 0.505. The second-order valence-corrected chi connectivity index (χ2v) is 8.13. The number of hydrogen-bond acceptors (Lipinski definition) is 4. The van der Waals surface area contributed by atoms with Crippen LogP contribution in [0.25, 0.3) is 0 Å². The zero-order chi connectivity index (χ0) is 18.1. The molecule has 0 N–H and O–H groups in total. The number of benzene rings is 1. The third-order valence-corrected chi connectivity index (χ3v) is 5.32. The van der Waals surface area contributed by atoms with E-state index in [1.807, 2.05) is 45.0 Å². The van der Waals surface area contributed by atoms with Crippen molar-refractivity contribution in [3.8, 4) is 0 Å². The highest BCUT2D eigenvalue weighted by molar-refractivity contribution is 14.1. The zero-order valence-electron chi connectivity index (χ0n) is 14.7. The Morgan fingerprint density at radius 2 is 2.08 bits per heavy atom. The van der Waals surface area contributed by atoms with Crippen LogP contribution in [0.15, 0.2) is 40.5 Å². The lowest BCUT2D eigenvalue weighted by Crippen LogP contribution is -2.38. The first kappa shape index (κ1) is 18.3. The van der Waals surface area contributed by atoms with E-state index in [1.165, 1.54) is 0 Å². The predicted octanol–water partition coefficient (Wildman–Crippen LogP) is 4.42. The third-order valence-electron chi connectivity index (χ3n) is 4.65. The van der Waals surface area contributed by atoms with Gasteiger partial charge in [0.2, 0.25) is 0 Å². The molecule has 1 aliphatic heterocycles. The largest absolute Gasteiger partial charge is 0.462 e. The van der Waals surface area contributed by atoms with Gasteiger partial charge in [-0.2, -0.15) is 0 Å². The van der Waals surface area contributed by atoms with Crippen molar-refractivity contribution in [2.24, 2.45) is 10.9 Å². The number of rotatable bonds is 3. The lowest BCUT2D eigenvalue weighted by atomic mass is 9.72. The van der Waals surface area contributed by atoms with Crippen molar-refractivity contribution in [1.82, 2.24) is 0 Å². The maximum Gasteiger partial charge on any atom is 0.315 e. The van der Waals surface area contributed by atoms with Gasteiger partial charge in [0.1, 0.15) is 5.92 Å². The molecule has 1 aromatic carbocycles. The van der Waals surface area contributed by atoms with Crippen LogP contribution in [0.5, 0.6) is 0 Å². The molecular weight excluding hydrogens is 429 g/mol. The Kier molecular flexibility index (Phi) is 5.41. The van der Waals surface area contributed by atoms with Gasteiger partial charge >= 0.3 is 5.97 Å². The highest BCUT2D eigenvalue weighted by Crippen LogP contribution is 2.43. The van der Waals surface area contributed by atoms with Gasteiger partial charge in [-0.25, -0.2) is 0 Å². The molecule has 0 aromatic heterocycles. The summed E-state index contributed by atoms with van der Waals surface area (Å²) in [6, 6.07) is 8.02. The summed E-state index contributed by atoms with van der Waals surface area (Å²) in [4.78, 5) is 30.2. The van der Waals surface area contributed by atoms with Crippen molar-refractivity contribution in [2.45, 2.75) is 52.1 Å². The molecule has 25 heavy (non-hydrogen) atoms. The smallest absolute Gasteiger partial charge is 0.315 e. The Morgan fingerprint density at radius 1 is 1.32 bits per heavy atom. The first-order valence-electron chi connectivity index (χ1n) is 8.66. The maximum atomic E-state index is 12.8. The summed E-state index contributed by atoms with van der Waals surface area (Å²) in [5.74, 6) is -1.03. The molecule has 1 aliphatic carbocycles. The van der Waals surface area contributed by atoms with Crippen LogP contribution in [0.3, 0.4) is 0 Å². The van der Waals surface area contributed by atoms with E-state index >= 15 is 0 Å². The van der Waals surface area contributed by atoms with Crippen LogP contribution in [-0.2, 0) is 14.3 Å². The Labute approximate surface area is 161 Å². The number of carbonyl (C=O) groups excluding carboxylic acids is 2. The monoisotopic (exact) mass is 451 g/mol. The van der Waals surface area contributed by atoms with Crippen molar-refractivity contribution in [3.05, 3.63) is 44.7 Å². The summed E-state index contributed by atoms with van der Waals surface area (Å²) < 4.78 is 6.58. The van der Waals surface area contributed by atoms with E-state index < -0.39 is 5.92 Å². The SMILES string of the molecule is CC1=NC2=C(C(=O)CCC2)[C@H](c2cccc(I)c2)C1C(=O)OC(C)C. The highest BCUT2D eigenvalue weighted by Gasteiger charge is 2.43. The fourth-order valence-electron chi connectivity index (χ4n) is 3.68. The van der Waals surface area contributed by atoms with E-state index in [0.29, 0.717) is 12.0 Å². The minimum Gasteiger partial charge on any atom is -0.462 e. The fraction of sp³-hybridized carbons (Fsp3) is 0.450. The van der Waals surface area contributed by atoms with Crippen molar-refractivity contribution < 1.29 is 14.3 Å². The minimum atomic E-state index is -0.540. The molecule has 0 spiro atoms. The van der Waals surface area contributed by atoms with E-state index in [4.69, 9.17) is 4.74 Å². The first-order chi connectivity index (χ1) is 11.9. The first-order valence-corrected chi connectivity index (χ1v) is 9.73. The van der Waals surface area contributed by atoms with Crippen molar-refractivity contribution in [3.63, 3.8) is 0 Å². The maximum absolute atomic E-state index is 12.8. The van der Waals surface area contributed by atoms with Crippen LogP contribution >= 0.6 is 22.6 Å². The Bertz CT molecular complexity index is 779. The number of halogens is 1. The Balaban J connectivity index is 2.14. The van der Waals surface area contributed by atoms with Crippen LogP contribution in [0.1, 0.15) is 51.5 Å². The second kappa shape index (κ2) is 7.40. The lowest BCUT2D eigenvalue weighted by molar-refractivity contribution is -0.150.